The highest BCUT2D eigenvalue weighted by atomic mass is 16.1. The Hall–Kier alpha value is -1.11. The topological polar surface area (TPSA) is 17.1 Å². The first-order valence-electron chi connectivity index (χ1n) is 5.86. The zero-order valence-electron chi connectivity index (χ0n) is 9.92. The monoisotopic (exact) mass is 204 g/mol. The van der Waals surface area contributed by atoms with Crippen molar-refractivity contribution < 1.29 is 4.79 Å². The van der Waals surface area contributed by atoms with E-state index in [4.69, 9.17) is 0 Å². The average molecular weight is 204 g/mol. The third-order valence-corrected chi connectivity index (χ3v) is 3.01. The molecule has 1 heteroatoms. The summed E-state index contributed by atoms with van der Waals surface area (Å²) < 4.78 is 0. The number of ketones is 1. The Morgan fingerprint density at radius 2 is 1.60 bits per heavy atom. The van der Waals surface area contributed by atoms with Crippen molar-refractivity contribution >= 4 is 5.78 Å². The molecule has 15 heavy (non-hydrogen) atoms. The molecule has 1 nitrogen and oxygen atoms in total. The highest BCUT2D eigenvalue weighted by molar-refractivity contribution is 5.95. The molecule has 1 rings (SSSR count). The van der Waals surface area contributed by atoms with Gasteiger partial charge in [0.05, 0.1) is 0 Å². The molecule has 0 saturated carbocycles. The van der Waals surface area contributed by atoms with Crippen LogP contribution < -0.4 is 0 Å². The van der Waals surface area contributed by atoms with Gasteiger partial charge in [-0.2, -0.15) is 0 Å². The van der Waals surface area contributed by atoms with Gasteiger partial charge in [-0.25, -0.2) is 0 Å². The van der Waals surface area contributed by atoms with Gasteiger partial charge in [0, 0.05) is 12.0 Å². The zero-order chi connectivity index (χ0) is 11.3. The van der Waals surface area contributed by atoms with Gasteiger partial charge < -0.3 is 0 Å². The van der Waals surface area contributed by atoms with E-state index in [0.717, 1.165) is 18.4 Å². The number of hydrogen-bond acceptors (Lipinski definition) is 1. The van der Waals surface area contributed by atoms with Crippen molar-refractivity contribution in [2.45, 2.75) is 46.0 Å². The average Bonchev–Trinajstić information content (AvgIpc) is 2.30. The first kappa shape index (κ1) is 12.0. The van der Waals surface area contributed by atoms with Crippen molar-refractivity contribution in [2.24, 2.45) is 0 Å². The number of rotatable bonds is 5. The van der Waals surface area contributed by atoms with Crippen molar-refractivity contribution in [3.8, 4) is 0 Å². The largest absolute Gasteiger partial charge is 0.294 e. The molecule has 0 radical (unpaired) electrons. The van der Waals surface area contributed by atoms with E-state index < -0.39 is 0 Å². The van der Waals surface area contributed by atoms with E-state index in [0.29, 0.717) is 12.3 Å². The molecule has 0 amide bonds. The van der Waals surface area contributed by atoms with Crippen LogP contribution >= 0.6 is 0 Å². The summed E-state index contributed by atoms with van der Waals surface area (Å²) in [6, 6.07) is 8.11. The highest BCUT2D eigenvalue weighted by Gasteiger charge is 2.08. The standard InChI is InChI=1S/C14H20O/c1-4-11(5-2)12-7-9-13(10-8-12)14(15)6-3/h7-11H,4-6H2,1-3H3. The van der Waals surface area contributed by atoms with Gasteiger partial charge in [-0.3, -0.25) is 4.79 Å². The molecule has 0 atom stereocenters. The molecule has 0 bridgehead atoms. The van der Waals surface area contributed by atoms with E-state index >= 15 is 0 Å². The SMILES string of the molecule is CCC(=O)c1ccc(C(CC)CC)cc1. The van der Waals surface area contributed by atoms with E-state index in [1.165, 1.54) is 5.56 Å². The van der Waals surface area contributed by atoms with Crippen molar-refractivity contribution in [1.29, 1.82) is 0 Å². The lowest BCUT2D eigenvalue weighted by molar-refractivity contribution is 0.0988. The number of benzene rings is 1. The molecule has 0 unspecified atom stereocenters. The summed E-state index contributed by atoms with van der Waals surface area (Å²) in [5, 5.41) is 0. The predicted octanol–water partition coefficient (Wildman–Crippen LogP) is 4.18. The molecular formula is C14H20O. The fourth-order valence-corrected chi connectivity index (χ4v) is 1.91. The second-order valence-corrected chi connectivity index (χ2v) is 3.91. The summed E-state index contributed by atoms with van der Waals surface area (Å²) in [6.07, 6.45) is 2.92. The summed E-state index contributed by atoms with van der Waals surface area (Å²) in [4.78, 5) is 11.4. The van der Waals surface area contributed by atoms with E-state index in [1.54, 1.807) is 0 Å². The van der Waals surface area contributed by atoms with Gasteiger partial charge in [-0.15, -0.1) is 0 Å². The van der Waals surface area contributed by atoms with Gasteiger partial charge >= 0.3 is 0 Å². The van der Waals surface area contributed by atoms with Crippen LogP contribution in [0, 0.1) is 0 Å². The summed E-state index contributed by atoms with van der Waals surface area (Å²) >= 11 is 0. The summed E-state index contributed by atoms with van der Waals surface area (Å²) in [5.74, 6) is 0.863. The molecule has 0 saturated heterocycles. The van der Waals surface area contributed by atoms with Crippen molar-refractivity contribution in [3.05, 3.63) is 35.4 Å². The molecule has 0 fully saturated rings. The fourth-order valence-electron chi connectivity index (χ4n) is 1.91. The summed E-state index contributed by atoms with van der Waals surface area (Å²) in [7, 11) is 0. The van der Waals surface area contributed by atoms with Gasteiger partial charge in [-0.1, -0.05) is 45.0 Å². The Morgan fingerprint density at radius 1 is 1.07 bits per heavy atom. The highest BCUT2D eigenvalue weighted by Crippen LogP contribution is 2.23. The first-order chi connectivity index (χ1) is 7.22. The maximum absolute atomic E-state index is 11.4. The molecule has 0 aliphatic heterocycles. The smallest absolute Gasteiger partial charge is 0.162 e. The Labute approximate surface area is 92.5 Å². The van der Waals surface area contributed by atoms with Crippen LogP contribution in [0.15, 0.2) is 24.3 Å². The maximum Gasteiger partial charge on any atom is 0.162 e. The number of hydrogen-bond donors (Lipinski definition) is 0. The van der Waals surface area contributed by atoms with Crippen LogP contribution in [0.1, 0.15) is 61.9 Å². The van der Waals surface area contributed by atoms with Crippen LogP contribution in [-0.2, 0) is 0 Å². The van der Waals surface area contributed by atoms with E-state index in [-0.39, 0.29) is 5.78 Å². The van der Waals surface area contributed by atoms with Crippen LogP contribution in [0.2, 0.25) is 0 Å². The quantitative estimate of drug-likeness (QED) is 0.657. The lowest BCUT2D eigenvalue weighted by Crippen LogP contribution is -1.99. The Balaban J connectivity index is 2.84. The van der Waals surface area contributed by atoms with Gasteiger partial charge in [0.1, 0.15) is 0 Å². The van der Waals surface area contributed by atoms with Gasteiger partial charge in [-0.05, 0) is 24.3 Å². The van der Waals surface area contributed by atoms with Crippen LogP contribution in [0.25, 0.3) is 0 Å². The van der Waals surface area contributed by atoms with Crippen LogP contribution in [0.4, 0.5) is 0 Å². The second-order valence-electron chi connectivity index (χ2n) is 3.91. The zero-order valence-corrected chi connectivity index (χ0v) is 9.92. The lowest BCUT2D eigenvalue weighted by atomic mass is 9.93. The molecule has 0 heterocycles. The molecule has 1 aromatic carbocycles. The molecule has 0 aliphatic rings. The molecule has 0 N–H and O–H groups in total. The third kappa shape index (κ3) is 2.92. The molecular weight excluding hydrogens is 184 g/mol. The van der Waals surface area contributed by atoms with Gasteiger partial charge in [0.15, 0.2) is 5.78 Å². The molecule has 0 spiro atoms. The van der Waals surface area contributed by atoms with Gasteiger partial charge in [0.25, 0.3) is 0 Å². The van der Waals surface area contributed by atoms with Crippen molar-refractivity contribution in [1.82, 2.24) is 0 Å². The van der Waals surface area contributed by atoms with Crippen LogP contribution in [-0.4, -0.2) is 5.78 Å². The Kier molecular flexibility index (Phi) is 4.54. The van der Waals surface area contributed by atoms with E-state index in [1.807, 2.05) is 19.1 Å². The minimum absolute atomic E-state index is 0.228. The Bertz CT molecular complexity index is 307. The summed E-state index contributed by atoms with van der Waals surface area (Å²) in [6.45, 7) is 6.32. The molecule has 0 aromatic heterocycles. The molecule has 82 valence electrons. The third-order valence-electron chi connectivity index (χ3n) is 3.01. The first-order valence-corrected chi connectivity index (χ1v) is 5.86. The minimum atomic E-state index is 0.228. The predicted molar refractivity (Wildman–Crippen MR) is 64.4 cm³/mol. The minimum Gasteiger partial charge on any atom is -0.294 e. The lowest BCUT2D eigenvalue weighted by Gasteiger charge is -2.12. The number of Topliss-reactive ketones (excluding diaryl/α,β-unsaturated/α-hetero) is 1. The molecule has 1 aromatic rings. The van der Waals surface area contributed by atoms with Crippen molar-refractivity contribution in [3.63, 3.8) is 0 Å². The van der Waals surface area contributed by atoms with E-state index in [2.05, 4.69) is 26.0 Å². The second kappa shape index (κ2) is 5.69. The van der Waals surface area contributed by atoms with E-state index in [9.17, 15) is 4.79 Å². The maximum atomic E-state index is 11.4. The van der Waals surface area contributed by atoms with Gasteiger partial charge in [0.2, 0.25) is 0 Å². The molecule has 0 aliphatic carbocycles. The van der Waals surface area contributed by atoms with Crippen molar-refractivity contribution in [2.75, 3.05) is 0 Å². The summed E-state index contributed by atoms with van der Waals surface area (Å²) in [5.41, 5.74) is 2.19. The van der Waals surface area contributed by atoms with Crippen LogP contribution in [0.5, 0.6) is 0 Å². The number of carbonyl (C=O) groups is 1. The Morgan fingerprint density at radius 3 is 2.00 bits per heavy atom. The fraction of sp³-hybridized carbons (Fsp3) is 0.500. The normalized spacial score (nSPS) is 10.7. The number of carbonyl (C=O) groups excluding carboxylic acids is 1. The van der Waals surface area contributed by atoms with Crippen LogP contribution in [0.3, 0.4) is 0 Å².